The molecule has 2 heterocycles. The minimum atomic E-state index is -4.61. The number of halogens is 4. The first-order valence-electron chi connectivity index (χ1n) is 7.99. The first kappa shape index (κ1) is 18.8. The molecule has 0 saturated carbocycles. The standard InChI is InChI=1S/C19H15F4N3O/c1-11-6-7-13(16(10-11)27-19(22,23)18(20)21)14-4-3-5-15(26-14)17-24-9-8-12(2)25-17/h3-10,18H,1-2H3. The minimum Gasteiger partial charge on any atom is -0.428 e. The van der Waals surface area contributed by atoms with Gasteiger partial charge in [-0.15, -0.1) is 0 Å². The third kappa shape index (κ3) is 4.21. The van der Waals surface area contributed by atoms with Gasteiger partial charge < -0.3 is 4.74 Å². The lowest BCUT2D eigenvalue weighted by Gasteiger charge is -2.19. The Kier molecular flexibility index (Phi) is 5.07. The van der Waals surface area contributed by atoms with Crippen LogP contribution < -0.4 is 4.74 Å². The van der Waals surface area contributed by atoms with Crippen LogP contribution in [0, 0.1) is 13.8 Å². The summed E-state index contributed by atoms with van der Waals surface area (Å²) in [7, 11) is 0. The van der Waals surface area contributed by atoms with E-state index < -0.39 is 12.5 Å². The Morgan fingerprint density at radius 2 is 1.70 bits per heavy atom. The highest BCUT2D eigenvalue weighted by molar-refractivity contribution is 5.69. The van der Waals surface area contributed by atoms with Crippen LogP contribution in [-0.2, 0) is 0 Å². The van der Waals surface area contributed by atoms with Crippen LogP contribution in [0.2, 0.25) is 0 Å². The van der Waals surface area contributed by atoms with Gasteiger partial charge in [-0.3, -0.25) is 0 Å². The summed E-state index contributed by atoms with van der Waals surface area (Å²) in [6.07, 6.45) is -6.99. The second kappa shape index (κ2) is 7.30. The van der Waals surface area contributed by atoms with Gasteiger partial charge in [-0.25, -0.2) is 15.0 Å². The van der Waals surface area contributed by atoms with E-state index in [9.17, 15) is 17.6 Å². The molecule has 0 aliphatic rings. The van der Waals surface area contributed by atoms with Crippen molar-refractivity contribution in [2.24, 2.45) is 0 Å². The fraction of sp³-hybridized carbons (Fsp3) is 0.211. The SMILES string of the molecule is Cc1ccc(-c2cccc(-c3nccc(C)n3)n2)c(OC(F)(F)C(F)F)c1. The molecule has 4 nitrogen and oxygen atoms in total. The fourth-order valence-corrected chi connectivity index (χ4v) is 2.40. The Bertz CT molecular complexity index is 963. The molecule has 0 N–H and O–H groups in total. The molecular weight excluding hydrogens is 362 g/mol. The van der Waals surface area contributed by atoms with Gasteiger partial charge in [0.1, 0.15) is 11.4 Å². The van der Waals surface area contributed by atoms with Crippen molar-refractivity contribution in [1.82, 2.24) is 15.0 Å². The Hall–Kier alpha value is -3.03. The highest BCUT2D eigenvalue weighted by Gasteiger charge is 2.44. The van der Waals surface area contributed by atoms with E-state index in [4.69, 9.17) is 0 Å². The van der Waals surface area contributed by atoms with E-state index in [1.165, 1.54) is 12.1 Å². The number of pyridine rings is 1. The summed E-state index contributed by atoms with van der Waals surface area (Å²) in [5, 5.41) is 0. The molecule has 0 aliphatic heterocycles. The largest absolute Gasteiger partial charge is 0.461 e. The van der Waals surface area contributed by atoms with E-state index in [1.807, 2.05) is 0 Å². The second-order valence-electron chi connectivity index (χ2n) is 5.89. The zero-order chi connectivity index (χ0) is 19.6. The summed E-state index contributed by atoms with van der Waals surface area (Å²) in [5.74, 6) is -0.0144. The van der Waals surface area contributed by atoms with Gasteiger partial charge in [-0.1, -0.05) is 12.1 Å². The van der Waals surface area contributed by atoms with E-state index in [0.29, 0.717) is 17.1 Å². The lowest BCUT2D eigenvalue weighted by atomic mass is 10.1. The van der Waals surface area contributed by atoms with Gasteiger partial charge in [-0.05, 0) is 49.7 Å². The summed E-state index contributed by atoms with van der Waals surface area (Å²) in [4.78, 5) is 12.8. The highest BCUT2D eigenvalue weighted by Crippen LogP contribution is 2.35. The molecule has 0 radical (unpaired) electrons. The van der Waals surface area contributed by atoms with Gasteiger partial charge in [0.25, 0.3) is 0 Å². The quantitative estimate of drug-likeness (QED) is 0.583. The van der Waals surface area contributed by atoms with Crippen molar-refractivity contribution in [3.05, 3.63) is 59.9 Å². The minimum absolute atomic E-state index is 0.162. The molecule has 0 aliphatic carbocycles. The van der Waals surface area contributed by atoms with E-state index in [1.54, 1.807) is 50.4 Å². The summed E-state index contributed by atoms with van der Waals surface area (Å²) in [6, 6.07) is 11.0. The van der Waals surface area contributed by atoms with Crippen LogP contribution in [0.1, 0.15) is 11.3 Å². The average Bonchev–Trinajstić information content (AvgIpc) is 2.61. The Morgan fingerprint density at radius 1 is 0.963 bits per heavy atom. The molecule has 0 fully saturated rings. The third-order valence-corrected chi connectivity index (χ3v) is 3.69. The molecule has 3 aromatic rings. The van der Waals surface area contributed by atoms with Gasteiger partial charge in [0, 0.05) is 17.5 Å². The van der Waals surface area contributed by atoms with Crippen LogP contribution >= 0.6 is 0 Å². The Morgan fingerprint density at radius 3 is 2.41 bits per heavy atom. The van der Waals surface area contributed by atoms with E-state index >= 15 is 0 Å². The first-order chi connectivity index (χ1) is 12.8. The van der Waals surface area contributed by atoms with Crippen molar-refractivity contribution >= 4 is 0 Å². The summed E-state index contributed by atoms with van der Waals surface area (Å²) >= 11 is 0. The summed E-state index contributed by atoms with van der Waals surface area (Å²) in [6.45, 7) is 3.44. The maximum atomic E-state index is 13.4. The number of hydrogen-bond acceptors (Lipinski definition) is 4. The lowest BCUT2D eigenvalue weighted by Crippen LogP contribution is -2.33. The Balaban J connectivity index is 2.05. The van der Waals surface area contributed by atoms with E-state index in [-0.39, 0.29) is 17.0 Å². The molecule has 0 bridgehead atoms. The molecule has 140 valence electrons. The van der Waals surface area contributed by atoms with Gasteiger partial charge in [0.2, 0.25) is 0 Å². The predicted molar refractivity (Wildman–Crippen MR) is 91.8 cm³/mol. The van der Waals surface area contributed by atoms with Crippen LogP contribution in [0.4, 0.5) is 17.6 Å². The second-order valence-corrected chi connectivity index (χ2v) is 5.89. The van der Waals surface area contributed by atoms with Crippen molar-refractivity contribution in [3.63, 3.8) is 0 Å². The average molecular weight is 377 g/mol. The molecule has 0 saturated heterocycles. The maximum absolute atomic E-state index is 13.4. The smallest absolute Gasteiger partial charge is 0.428 e. The van der Waals surface area contributed by atoms with Crippen molar-refractivity contribution < 1.29 is 22.3 Å². The number of benzene rings is 1. The van der Waals surface area contributed by atoms with E-state index in [0.717, 1.165) is 5.69 Å². The van der Waals surface area contributed by atoms with Crippen LogP contribution in [0.5, 0.6) is 5.75 Å². The topological polar surface area (TPSA) is 47.9 Å². The number of nitrogens with zero attached hydrogens (tertiary/aromatic N) is 3. The van der Waals surface area contributed by atoms with Gasteiger partial charge >= 0.3 is 12.5 Å². The number of aromatic nitrogens is 3. The Labute approximate surface area is 152 Å². The summed E-state index contributed by atoms with van der Waals surface area (Å²) < 4.78 is 56.3. The molecule has 0 atom stereocenters. The molecule has 8 heteroatoms. The lowest BCUT2D eigenvalue weighted by molar-refractivity contribution is -0.253. The van der Waals surface area contributed by atoms with Crippen LogP contribution in [0.25, 0.3) is 22.8 Å². The van der Waals surface area contributed by atoms with Crippen molar-refractivity contribution in [1.29, 1.82) is 0 Å². The van der Waals surface area contributed by atoms with Gasteiger partial charge in [0.05, 0.1) is 5.69 Å². The van der Waals surface area contributed by atoms with Gasteiger partial charge in [0.15, 0.2) is 5.82 Å². The summed E-state index contributed by atoms with van der Waals surface area (Å²) in [5.41, 5.74) is 2.18. The monoisotopic (exact) mass is 377 g/mol. The fourth-order valence-electron chi connectivity index (χ4n) is 2.40. The number of hydrogen-bond donors (Lipinski definition) is 0. The normalized spacial score (nSPS) is 11.7. The van der Waals surface area contributed by atoms with Gasteiger partial charge in [-0.2, -0.15) is 17.6 Å². The zero-order valence-electron chi connectivity index (χ0n) is 14.5. The molecule has 27 heavy (non-hydrogen) atoms. The van der Waals surface area contributed by atoms with Crippen LogP contribution in [-0.4, -0.2) is 27.5 Å². The van der Waals surface area contributed by atoms with Crippen LogP contribution in [0.15, 0.2) is 48.7 Å². The van der Waals surface area contributed by atoms with E-state index in [2.05, 4.69) is 19.7 Å². The predicted octanol–water partition coefficient (Wildman–Crippen LogP) is 5.06. The van der Waals surface area contributed by atoms with Crippen molar-refractivity contribution in [2.45, 2.75) is 26.4 Å². The van der Waals surface area contributed by atoms with Crippen LogP contribution in [0.3, 0.4) is 0 Å². The number of alkyl halides is 4. The van der Waals surface area contributed by atoms with Crippen molar-refractivity contribution in [3.8, 4) is 28.5 Å². The first-order valence-corrected chi connectivity index (χ1v) is 7.99. The zero-order valence-corrected chi connectivity index (χ0v) is 14.5. The molecule has 2 aromatic heterocycles. The molecule has 0 amide bonds. The molecular formula is C19H15F4N3O. The maximum Gasteiger partial charge on any atom is 0.461 e. The number of ether oxygens (including phenoxy) is 1. The highest BCUT2D eigenvalue weighted by atomic mass is 19.3. The van der Waals surface area contributed by atoms with Crippen molar-refractivity contribution in [2.75, 3.05) is 0 Å². The number of rotatable bonds is 5. The molecule has 3 rings (SSSR count). The molecule has 0 spiro atoms. The number of aryl methyl sites for hydroxylation is 2. The third-order valence-electron chi connectivity index (χ3n) is 3.69. The molecule has 0 unspecified atom stereocenters. The molecule has 1 aromatic carbocycles.